The van der Waals surface area contributed by atoms with Crippen LogP contribution in [-0.2, 0) is 52.3 Å². The van der Waals surface area contributed by atoms with Gasteiger partial charge in [-0.25, -0.2) is 14.8 Å². The van der Waals surface area contributed by atoms with Gasteiger partial charge in [0.1, 0.15) is 54.8 Å². The van der Waals surface area contributed by atoms with Gasteiger partial charge in [0.05, 0.1) is 57.7 Å². The van der Waals surface area contributed by atoms with E-state index in [-0.39, 0.29) is 70.7 Å². The van der Waals surface area contributed by atoms with Gasteiger partial charge >= 0.3 is 6.03 Å². The maximum atomic E-state index is 13.2. The number of piperidine rings is 1. The number of nitrogens with one attached hydrogen (secondary N) is 3. The Kier molecular flexibility index (Phi) is 20.0. The molecule has 65 heavy (non-hydrogen) atoms. The Bertz CT molecular complexity index is 1840. The first-order valence-corrected chi connectivity index (χ1v) is 21.8. The lowest BCUT2D eigenvalue weighted by molar-refractivity contribution is -0.338. The Morgan fingerprint density at radius 1 is 0.892 bits per heavy atom. The number of fused-ring (bicyclic) bond motifs is 1. The molecule has 3 aliphatic heterocycles. The maximum Gasteiger partial charge on any atom is 0.327 e. The topological polar surface area (TPSA) is 296 Å². The molecule has 3 aliphatic rings. The molecule has 0 aliphatic carbocycles. The fourth-order valence-corrected chi connectivity index (χ4v) is 8.15. The first-order chi connectivity index (χ1) is 31.3. The predicted molar refractivity (Wildman–Crippen MR) is 227 cm³/mol. The van der Waals surface area contributed by atoms with Gasteiger partial charge in [-0.05, 0) is 18.4 Å². The van der Waals surface area contributed by atoms with E-state index in [0.29, 0.717) is 30.3 Å². The fourth-order valence-electron chi connectivity index (χ4n) is 8.15. The molecular formula is C41H66N8O16. The number of anilines is 1. The van der Waals surface area contributed by atoms with Crippen LogP contribution in [0.1, 0.15) is 33.6 Å². The van der Waals surface area contributed by atoms with Crippen molar-refractivity contribution in [2.24, 2.45) is 5.92 Å². The summed E-state index contributed by atoms with van der Waals surface area (Å²) in [6.45, 7) is 7.58. The van der Waals surface area contributed by atoms with E-state index in [1.54, 1.807) is 6.20 Å². The quantitative estimate of drug-likeness (QED) is 0.0592. The molecule has 366 valence electrons. The van der Waals surface area contributed by atoms with E-state index in [1.807, 2.05) is 24.9 Å². The third-order valence-corrected chi connectivity index (χ3v) is 11.7. The minimum absolute atomic E-state index is 0.0377. The molecular weight excluding hydrogens is 860 g/mol. The van der Waals surface area contributed by atoms with Crippen LogP contribution < -0.4 is 20.9 Å². The third kappa shape index (κ3) is 13.0. The molecule has 0 bridgehead atoms. The number of methoxy groups -OCH3 is 2. The zero-order valence-electron chi connectivity index (χ0n) is 37.8. The number of ether oxygens (including phenoxy) is 8. The highest BCUT2D eigenvalue weighted by Crippen LogP contribution is 2.32. The fraction of sp³-hybridized carbons (Fsp3) is 0.756. The van der Waals surface area contributed by atoms with Gasteiger partial charge in [0, 0.05) is 67.0 Å². The highest BCUT2D eigenvalue weighted by atomic mass is 16.7. The van der Waals surface area contributed by atoms with Gasteiger partial charge in [-0.15, -0.1) is 0 Å². The summed E-state index contributed by atoms with van der Waals surface area (Å²) in [5.74, 6) is -0.0678. The van der Waals surface area contributed by atoms with E-state index in [0.717, 1.165) is 18.4 Å². The SMILES string of the molecule is CCC(=O)N1CC[C@@H](C)[C@@H](N(C)c2ncnc3c2ccn3C(=O)NCCOCCOCCOCCNC(=O)C2O[C@@H](O[C@@H]3C(NC(C)=O)[C@H](OC)OC(CO)[C@H]3O)C(O)[C@@H](O)[C@@H]2OC)C1. The summed E-state index contributed by atoms with van der Waals surface area (Å²) in [7, 11) is 4.47. The second-order valence-electron chi connectivity index (χ2n) is 16.0. The van der Waals surface area contributed by atoms with Crippen LogP contribution in [0.2, 0.25) is 0 Å². The Morgan fingerprint density at radius 3 is 2.20 bits per heavy atom. The number of likely N-dealkylation sites (N-methyl/N-ethyl adjacent to an activating group) is 1. The van der Waals surface area contributed by atoms with Crippen LogP contribution in [0.15, 0.2) is 18.6 Å². The number of hydrogen-bond donors (Lipinski definition) is 7. The number of rotatable bonds is 22. The molecule has 12 atom stereocenters. The van der Waals surface area contributed by atoms with Crippen molar-refractivity contribution >= 4 is 40.6 Å². The van der Waals surface area contributed by atoms with Crippen LogP contribution in [0, 0.1) is 5.92 Å². The zero-order valence-corrected chi connectivity index (χ0v) is 37.8. The second-order valence-corrected chi connectivity index (χ2v) is 16.0. The van der Waals surface area contributed by atoms with Gasteiger partial charge in [-0.3, -0.25) is 19.0 Å². The number of nitrogens with zero attached hydrogens (tertiary/aromatic N) is 5. The van der Waals surface area contributed by atoms with Crippen molar-refractivity contribution < 1.29 is 77.5 Å². The Balaban J connectivity index is 0.969. The van der Waals surface area contributed by atoms with Crippen LogP contribution >= 0.6 is 0 Å². The molecule has 0 spiro atoms. The van der Waals surface area contributed by atoms with Crippen LogP contribution in [0.3, 0.4) is 0 Å². The summed E-state index contributed by atoms with van der Waals surface area (Å²) in [5, 5.41) is 51.1. The van der Waals surface area contributed by atoms with Crippen LogP contribution in [0.4, 0.5) is 10.6 Å². The number of likely N-dealkylation sites (tertiary alicyclic amines) is 1. The number of aliphatic hydroxyl groups excluding tert-OH is 4. The molecule has 2 aromatic heterocycles. The molecule has 4 amide bonds. The molecule has 24 nitrogen and oxygen atoms in total. The highest BCUT2D eigenvalue weighted by Gasteiger charge is 2.53. The minimum atomic E-state index is -1.75. The first kappa shape index (κ1) is 51.8. The second kappa shape index (κ2) is 25.1. The summed E-state index contributed by atoms with van der Waals surface area (Å²) in [6.07, 6.45) is -8.73. The van der Waals surface area contributed by atoms with E-state index in [9.17, 15) is 39.6 Å². The molecule has 0 aromatic carbocycles. The van der Waals surface area contributed by atoms with E-state index in [2.05, 4.69) is 37.7 Å². The van der Waals surface area contributed by atoms with Gasteiger partial charge < -0.3 is 84.1 Å². The summed E-state index contributed by atoms with van der Waals surface area (Å²) in [4.78, 5) is 63.6. The van der Waals surface area contributed by atoms with E-state index < -0.39 is 79.8 Å². The largest absolute Gasteiger partial charge is 0.394 e. The average Bonchev–Trinajstić information content (AvgIpc) is 3.74. The molecule has 24 heteroatoms. The molecule has 0 saturated carbocycles. The van der Waals surface area contributed by atoms with Crippen molar-refractivity contribution in [3.63, 3.8) is 0 Å². The zero-order chi connectivity index (χ0) is 47.2. The lowest BCUT2D eigenvalue weighted by atomic mass is 9.92. The molecule has 3 saturated heterocycles. The summed E-state index contributed by atoms with van der Waals surface area (Å²) in [6, 6.07) is 0.375. The number of carbonyl (C=O) groups is 4. The Labute approximate surface area is 377 Å². The Morgan fingerprint density at radius 2 is 1.57 bits per heavy atom. The van der Waals surface area contributed by atoms with Gasteiger partial charge in [0.25, 0.3) is 5.91 Å². The monoisotopic (exact) mass is 926 g/mol. The molecule has 5 heterocycles. The van der Waals surface area contributed by atoms with Crippen molar-refractivity contribution in [1.82, 2.24) is 35.4 Å². The van der Waals surface area contributed by atoms with Crippen LogP contribution in [-0.4, -0.2) is 225 Å². The molecule has 5 rings (SSSR count). The normalized spacial score (nSPS) is 29.4. The van der Waals surface area contributed by atoms with Crippen molar-refractivity contribution in [3.8, 4) is 0 Å². The number of hydrogen-bond acceptors (Lipinski definition) is 19. The van der Waals surface area contributed by atoms with Crippen molar-refractivity contribution in [1.29, 1.82) is 0 Å². The van der Waals surface area contributed by atoms with Crippen molar-refractivity contribution in [3.05, 3.63) is 18.6 Å². The van der Waals surface area contributed by atoms with Crippen molar-refractivity contribution in [2.45, 2.75) is 101 Å². The molecule has 3 fully saturated rings. The summed E-state index contributed by atoms with van der Waals surface area (Å²) >= 11 is 0. The highest BCUT2D eigenvalue weighted by molar-refractivity contribution is 5.95. The average molecular weight is 927 g/mol. The Hall–Kier alpha value is -4.18. The number of aliphatic hydroxyl groups is 4. The molecule has 2 aromatic rings. The van der Waals surface area contributed by atoms with E-state index in [4.69, 9.17) is 37.9 Å². The first-order valence-electron chi connectivity index (χ1n) is 21.8. The number of carbonyl (C=O) groups excluding carboxylic acids is 4. The molecule has 7 N–H and O–H groups in total. The van der Waals surface area contributed by atoms with E-state index >= 15 is 0 Å². The van der Waals surface area contributed by atoms with Gasteiger partial charge in [0.15, 0.2) is 24.3 Å². The maximum absolute atomic E-state index is 13.2. The molecule has 0 radical (unpaired) electrons. The van der Waals surface area contributed by atoms with E-state index in [1.165, 1.54) is 32.0 Å². The van der Waals surface area contributed by atoms with Gasteiger partial charge in [0.2, 0.25) is 11.8 Å². The standard InChI is InChI=1S/C41H66N8O16/c1-7-28(52)48-12-8-23(2)26(20-48)47(4)36-25-9-13-49(37(25)45-22-44-36)41(57)43-11-15-61-17-19-62-18-16-60-14-10-42-38(56)35-34(58-5)31(54)32(55)40(65-35)64-33-29(46-24(3)51)39(59-6)63-27(21-50)30(33)53/h9,13,22-23,26-27,29-35,39-40,50,53-55H,7-8,10-12,14-21H2,1-6H3,(H,42,56)(H,43,57)(H,46,51)/t23-,26+,27?,29?,30-,31-,32?,33-,34+,35?,39-,40-/m1/s1. The lowest BCUT2D eigenvalue weighted by Gasteiger charge is -2.47. The van der Waals surface area contributed by atoms with Gasteiger partial charge in [-0.2, -0.15) is 0 Å². The van der Waals surface area contributed by atoms with Crippen molar-refractivity contribution in [2.75, 3.05) is 98.6 Å². The third-order valence-electron chi connectivity index (χ3n) is 11.7. The smallest absolute Gasteiger partial charge is 0.327 e. The van der Waals surface area contributed by atoms with Crippen LogP contribution in [0.25, 0.3) is 11.0 Å². The molecule has 4 unspecified atom stereocenters. The number of aromatic nitrogens is 3. The number of amides is 4. The minimum Gasteiger partial charge on any atom is -0.394 e. The van der Waals surface area contributed by atoms with Crippen LogP contribution in [0.5, 0.6) is 0 Å². The lowest BCUT2D eigenvalue weighted by Crippen LogP contribution is -2.68. The predicted octanol–water partition coefficient (Wildman–Crippen LogP) is -2.69. The van der Waals surface area contributed by atoms with Gasteiger partial charge in [-0.1, -0.05) is 13.8 Å². The summed E-state index contributed by atoms with van der Waals surface area (Å²) in [5.41, 5.74) is 0.467. The summed E-state index contributed by atoms with van der Waals surface area (Å²) < 4.78 is 45.9.